The summed E-state index contributed by atoms with van der Waals surface area (Å²) in [4.78, 5) is 21.3. The lowest BCUT2D eigenvalue weighted by Gasteiger charge is -2.45. The molecular weight excluding hydrogens is 412 g/mol. The molecule has 0 radical (unpaired) electrons. The van der Waals surface area contributed by atoms with Crippen LogP contribution in [0.25, 0.3) is 0 Å². The molecule has 1 aliphatic rings. The summed E-state index contributed by atoms with van der Waals surface area (Å²) in [5.41, 5.74) is 2.87. The molecule has 9 nitrogen and oxygen atoms in total. The van der Waals surface area contributed by atoms with E-state index in [1.807, 2.05) is 12.1 Å². The summed E-state index contributed by atoms with van der Waals surface area (Å²) in [6.45, 7) is 6.41. The van der Waals surface area contributed by atoms with Crippen LogP contribution in [0, 0.1) is 16.0 Å². The number of anilines is 1. The van der Waals surface area contributed by atoms with Crippen molar-refractivity contribution in [3.8, 4) is 5.75 Å². The summed E-state index contributed by atoms with van der Waals surface area (Å²) in [6.07, 6.45) is 1.57. The number of non-ortho nitro benzene ring substituents is 1. The number of nitrogens with zero attached hydrogens (tertiary/aromatic N) is 3. The lowest BCUT2D eigenvalue weighted by Crippen LogP contribution is -2.45. The van der Waals surface area contributed by atoms with Crippen LogP contribution in [0.4, 0.5) is 22.7 Å². The number of benzene rings is 2. The molecule has 1 heterocycles. The van der Waals surface area contributed by atoms with Crippen LogP contribution < -0.4 is 10.1 Å². The van der Waals surface area contributed by atoms with Gasteiger partial charge >= 0.3 is 5.97 Å². The Morgan fingerprint density at radius 3 is 2.53 bits per heavy atom. The Morgan fingerprint density at radius 1 is 1.25 bits per heavy atom. The van der Waals surface area contributed by atoms with Crippen LogP contribution in [0.2, 0.25) is 0 Å². The number of aliphatic carboxylic acids is 1. The van der Waals surface area contributed by atoms with Crippen molar-refractivity contribution in [1.82, 2.24) is 0 Å². The standard InChI is InChI=1S/C23H28N4O5/c1-14-17-12-20(26-25-15-8-10-16(11-9-15)27(30)31)21(32-4)13-19(17)24-23(2,3)18(14)6-5-7-22(28)29/h8-14,18,24H,5-7H2,1-4H3,(H,28,29)/b26-25+. The zero-order valence-corrected chi connectivity index (χ0v) is 18.7. The highest BCUT2D eigenvalue weighted by molar-refractivity contribution is 5.69. The normalized spacial score (nSPS) is 19.2. The van der Waals surface area contributed by atoms with Crippen LogP contribution in [0.5, 0.6) is 5.75 Å². The number of carbonyl (C=O) groups is 1. The number of hydrogen-bond acceptors (Lipinski definition) is 7. The average molecular weight is 441 g/mol. The number of carboxylic acid groups (broad SMARTS) is 1. The van der Waals surface area contributed by atoms with Crippen molar-refractivity contribution < 1.29 is 19.6 Å². The summed E-state index contributed by atoms with van der Waals surface area (Å²) < 4.78 is 5.52. The number of rotatable bonds is 8. The zero-order valence-electron chi connectivity index (χ0n) is 18.7. The highest BCUT2D eigenvalue weighted by Crippen LogP contribution is 2.48. The molecule has 2 aromatic rings. The third-order valence-corrected chi connectivity index (χ3v) is 6.07. The van der Waals surface area contributed by atoms with E-state index in [4.69, 9.17) is 9.84 Å². The number of hydrogen-bond donors (Lipinski definition) is 2. The van der Waals surface area contributed by atoms with Gasteiger partial charge in [-0.3, -0.25) is 14.9 Å². The molecule has 0 fully saturated rings. The predicted octanol–water partition coefficient (Wildman–Crippen LogP) is 6.20. The summed E-state index contributed by atoms with van der Waals surface area (Å²) in [5.74, 6) is 0.198. The van der Waals surface area contributed by atoms with E-state index in [-0.39, 0.29) is 29.5 Å². The fourth-order valence-electron chi connectivity index (χ4n) is 4.43. The molecule has 2 unspecified atom stereocenters. The van der Waals surface area contributed by atoms with E-state index in [0.717, 1.165) is 17.7 Å². The minimum absolute atomic E-state index is 0.00763. The van der Waals surface area contributed by atoms with Crippen molar-refractivity contribution in [2.75, 3.05) is 12.4 Å². The van der Waals surface area contributed by atoms with Crippen LogP contribution in [-0.2, 0) is 4.79 Å². The molecule has 2 aromatic carbocycles. The van der Waals surface area contributed by atoms with Gasteiger partial charge in [0, 0.05) is 35.8 Å². The Bertz CT molecular complexity index is 1030. The van der Waals surface area contributed by atoms with Crippen molar-refractivity contribution in [2.24, 2.45) is 16.1 Å². The number of carboxylic acids is 1. The molecule has 32 heavy (non-hydrogen) atoms. The Labute approximate surface area is 186 Å². The van der Waals surface area contributed by atoms with Gasteiger partial charge in [-0.05, 0) is 62.3 Å². The Morgan fingerprint density at radius 2 is 1.94 bits per heavy atom. The average Bonchev–Trinajstić information content (AvgIpc) is 2.74. The van der Waals surface area contributed by atoms with Gasteiger partial charge in [-0.25, -0.2) is 0 Å². The second-order valence-corrected chi connectivity index (χ2v) is 8.61. The van der Waals surface area contributed by atoms with Gasteiger partial charge in [-0.15, -0.1) is 5.11 Å². The van der Waals surface area contributed by atoms with Gasteiger partial charge in [0.2, 0.25) is 0 Å². The third-order valence-electron chi connectivity index (χ3n) is 6.07. The van der Waals surface area contributed by atoms with Crippen molar-refractivity contribution in [1.29, 1.82) is 0 Å². The lowest BCUT2D eigenvalue weighted by molar-refractivity contribution is -0.384. The summed E-state index contributed by atoms with van der Waals surface area (Å²) in [6, 6.07) is 9.70. The van der Waals surface area contributed by atoms with Gasteiger partial charge in [-0.2, -0.15) is 5.11 Å². The minimum Gasteiger partial charge on any atom is -0.494 e. The fourth-order valence-corrected chi connectivity index (χ4v) is 4.43. The molecule has 0 saturated carbocycles. The van der Waals surface area contributed by atoms with Crippen molar-refractivity contribution in [2.45, 2.75) is 51.5 Å². The lowest BCUT2D eigenvalue weighted by atomic mass is 9.69. The van der Waals surface area contributed by atoms with Crippen molar-refractivity contribution in [3.05, 3.63) is 52.1 Å². The first-order chi connectivity index (χ1) is 15.1. The van der Waals surface area contributed by atoms with E-state index >= 15 is 0 Å². The van der Waals surface area contributed by atoms with Gasteiger partial charge in [0.25, 0.3) is 5.69 Å². The summed E-state index contributed by atoms with van der Waals surface area (Å²) >= 11 is 0. The molecule has 0 spiro atoms. The molecule has 0 bridgehead atoms. The van der Waals surface area contributed by atoms with Crippen LogP contribution >= 0.6 is 0 Å². The number of nitro benzene ring substituents is 1. The van der Waals surface area contributed by atoms with Gasteiger partial charge in [-0.1, -0.05) is 6.92 Å². The van der Waals surface area contributed by atoms with Crippen molar-refractivity contribution >= 4 is 28.7 Å². The second-order valence-electron chi connectivity index (χ2n) is 8.61. The number of ether oxygens (including phenoxy) is 1. The van der Waals surface area contributed by atoms with E-state index in [2.05, 4.69) is 36.3 Å². The molecule has 170 valence electrons. The van der Waals surface area contributed by atoms with Crippen LogP contribution in [-0.4, -0.2) is 28.6 Å². The van der Waals surface area contributed by atoms with Crippen LogP contribution in [0.3, 0.4) is 0 Å². The Kier molecular flexibility index (Phi) is 6.76. The van der Waals surface area contributed by atoms with E-state index in [0.29, 0.717) is 23.5 Å². The maximum absolute atomic E-state index is 11.0. The number of methoxy groups -OCH3 is 1. The van der Waals surface area contributed by atoms with Crippen LogP contribution in [0.1, 0.15) is 51.5 Å². The third kappa shape index (κ3) is 5.04. The van der Waals surface area contributed by atoms with E-state index in [1.165, 1.54) is 24.3 Å². The predicted molar refractivity (Wildman–Crippen MR) is 121 cm³/mol. The highest BCUT2D eigenvalue weighted by atomic mass is 16.6. The summed E-state index contributed by atoms with van der Waals surface area (Å²) in [5, 5.41) is 31.9. The smallest absolute Gasteiger partial charge is 0.303 e. The molecule has 0 aliphatic carbocycles. The molecule has 0 amide bonds. The van der Waals surface area contributed by atoms with E-state index in [9.17, 15) is 14.9 Å². The molecule has 2 N–H and O–H groups in total. The van der Waals surface area contributed by atoms with Gasteiger partial charge in [0.1, 0.15) is 11.4 Å². The number of azo groups is 1. The van der Waals surface area contributed by atoms with Crippen molar-refractivity contribution in [3.63, 3.8) is 0 Å². The number of nitro groups is 1. The first-order valence-electron chi connectivity index (χ1n) is 10.5. The first kappa shape index (κ1) is 23.2. The maximum Gasteiger partial charge on any atom is 0.303 e. The first-order valence-corrected chi connectivity index (χ1v) is 10.5. The molecule has 0 aromatic heterocycles. The second kappa shape index (κ2) is 9.33. The van der Waals surface area contributed by atoms with Gasteiger partial charge < -0.3 is 15.2 Å². The monoisotopic (exact) mass is 440 g/mol. The van der Waals surface area contributed by atoms with Gasteiger partial charge in [0.05, 0.1) is 17.7 Å². The molecule has 2 atom stereocenters. The Balaban J connectivity index is 1.90. The fraction of sp³-hybridized carbons (Fsp3) is 0.435. The highest BCUT2D eigenvalue weighted by Gasteiger charge is 2.39. The molecule has 3 rings (SSSR count). The zero-order chi connectivity index (χ0) is 23.5. The minimum atomic E-state index is -0.779. The molecule has 9 heteroatoms. The molecular formula is C23H28N4O5. The molecule has 1 aliphatic heterocycles. The Hall–Kier alpha value is -3.49. The molecule has 0 saturated heterocycles. The van der Waals surface area contributed by atoms with Crippen LogP contribution in [0.15, 0.2) is 46.6 Å². The summed E-state index contributed by atoms with van der Waals surface area (Å²) in [7, 11) is 1.57. The quantitative estimate of drug-likeness (QED) is 0.286. The van der Waals surface area contributed by atoms with E-state index in [1.54, 1.807) is 7.11 Å². The van der Waals surface area contributed by atoms with Gasteiger partial charge in [0.15, 0.2) is 0 Å². The maximum atomic E-state index is 11.0. The number of nitrogens with one attached hydrogen (secondary N) is 1. The largest absolute Gasteiger partial charge is 0.494 e. The number of fused-ring (bicyclic) bond motifs is 1. The van der Waals surface area contributed by atoms with E-state index < -0.39 is 10.9 Å². The SMILES string of the molecule is COc1cc2c(cc1/N=N/c1ccc([N+](=O)[O-])cc1)C(C)C(CCCC(=O)O)C(C)(C)N2. The topological polar surface area (TPSA) is 126 Å².